The van der Waals surface area contributed by atoms with Crippen molar-refractivity contribution < 1.29 is 4.79 Å². The Balaban J connectivity index is 1.71. The van der Waals surface area contributed by atoms with E-state index in [-0.39, 0.29) is 5.78 Å². The van der Waals surface area contributed by atoms with Crippen LogP contribution in [0.1, 0.15) is 105 Å². The maximum atomic E-state index is 14.2. The number of rotatable bonds is 14. The van der Waals surface area contributed by atoms with E-state index >= 15 is 0 Å². The van der Waals surface area contributed by atoms with Gasteiger partial charge in [0.2, 0.25) is 0 Å². The van der Waals surface area contributed by atoms with E-state index in [4.69, 9.17) is 0 Å². The van der Waals surface area contributed by atoms with E-state index in [2.05, 4.69) is 86.6 Å². The lowest BCUT2D eigenvalue weighted by Crippen LogP contribution is -2.10. The fourth-order valence-corrected chi connectivity index (χ4v) is 5.59. The molecule has 0 aliphatic heterocycles. The third-order valence-corrected chi connectivity index (χ3v) is 7.63. The van der Waals surface area contributed by atoms with Gasteiger partial charge in [-0.15, -0.1) is 0 Å². The highest BCUT2D eigenvalue weighted by Crippen LogP contribution is 2.31. The molecule has 1 heteroatoms. The summed E-state index contributed by atoms with van der Waals surface area (Å²) in [5.41, 5.74) is 4.26. The van der Waals surface area contributed by atoms with Gasteiger partial charge in [0.1, 0.15) is 0 Å². The highest BCUT2D eigenvalue weighted by atomic mass is 16.1. The molecule has 0 aliphatic carbocycles. The van der Waals surface area contributed by atoms with Gasteiger partial charge in [0, 0.05) is 11.1 Å². The van der Waals surface area contributed by atoms with E-state index < -0.39 is 0 Å². The average molecular weight is 479 g/mol. The van der Waals surface area contributed by atoms with E-state index in [0.29, 0.717) is 0 Å². The summed E-state index contributed by atoms with van der Waals surface area (Å²) in [6, 6.07) is 25.6. The third-order valence-electron chi connectivity index (χ3n) is 7.63. The Morgan fingerprint density at radius 1 is 0.500 bits per heavy atom. The number of hydrogen-bond acceptors (Lipinski definition) is 1. The van der Waals surface area contributed by atoms with Crippen LogP contribution in [0.2, 0.25) is 0 Å². The molecule has 0 amide bonds. The van der Waals surface area contributed by atoms with Crippen LogP contribution < -0.4 is 0 Å². The molecule has 4 aromatic carbocycles. The van der Waals surface area contributed by atoms with Crippen LogP contribution >= 0.6 is 0 Å². The number of fused-ring (bicyclic) bond motifs is 2. The summed E-state index contributed by atoms with van der Waals surface area (Å²) < 4.78 is 0. The van der Waals surface area contributed by atoms with Crippen LogP contribution in [0.5, 0.6) is 0 Å². The molecule has 0 aliphatic rings. The smallest absolute Gasteiger partial charge is 0.193 e. The van der Waals surface area contributed by atoms with Gasteiger partial charge in [-0.05, 0) is 58.4 Å². The molecule has 0 bridgehead atoms. The first-order chi connectivity index (χ1) is 17.7. The first kappa shape index (κ1) is 26.1. The van der Waals surface area contributed by atoms with Crippen LogP contribution in [-0.2, 0) is 12.8 Å². The highest BCUT2D eigenvalue weighted by Gasteiger charge is 2.20. The van der Waals surface area contributed by atoms with Crippen molar-refractivity contribution in [1.82, 2.24) is 0 Å². The van der Waals surface area contributed by atoms with Crippen molar-refractivity contribution in [2.24, 2.45) is 0 Å². The summed E-state index contributed by atoms with van der Waals surface area (Å²) in [4.78, 5) is 14.2. The van der Waals surface area contributed by atoms with Gasteiger partial charge in [0.05, 0.1) is 0 Å². The van der Waals surface area contributed by atoms with Gasteiger partial charge in [-0.1, -0.05) is 138 Å². The van der Waals surface area contributed by atoms with Crippen molar-refractivity contribution in [2.45, 2.75) is 90.9 Å². The number of unbranched alkanes of at least 4 members (excludes halogenated alkanes) is 8. The molecule has 0 saturated heterocycles. The van der Waals surface area contributed by atoms with E-state index in [1.165, 1.54) is 84.0 Å². The molecule has 4 aromatic rings. The summed E-state index contributed by atoms with van der Waals surface area (Å²) in [6.07, 6.45) is 14.3. The van der Waals surface area contributed by atoms with Gasteiger partial charge in [-0.2, -0.15) is 0 Å². The Labute approximate surface area is 217 Å². The monoisotopic (exact) mass is 478 g/mol. The lowest BCUT2D eigenvalue weighted by atomic mass is 9.86. The Hall–Kier alpha value is -2.93. The molecule has 1 nitrogen and oxygen atoms in total. The number of carbonyl (C=O) groups excluding carboxylic acids is 1. The number of carbonyl (C=O) groups is 1. The lowest BCUT2D eigenvalue weighted by molar-refractivity contribution is 0.103. The summed E-state index contributed by atoms with van der Waals surface area (Å²) in [6.45, 7) is 4.51. The fourth-order valence-electron chi connectivity index (χ4n) is 5.59. The first-order valence-corrected chi connectivity index (χ1v) is 14.3. The molecule has 0 spiro atoms. The summed E-state index contributed by atoms with van der Waals surface area (Å²) in [5, 5.41) is 4.93. The molecule has 0 saturated carbocycles. The largest absolute Gasteiger partial charge is 0.289 e. The predicted octanol–water partition coefficient (Wildman–Crippen LogP) is 10.2. The maximum Gasteiger partial charge on any atom is 0.193 e. The zero-order valence-corrected chi connectivity index (χ0v) is 22.3. The first-order valence-electron chi connectivity index (χ1n) is 14.3. The Morgan fingerprint density at radius 2 is 0.917 bits per heavy atom. The minimum absolute atomic E-state index is 0.193. The fraction of sp³-hybridized carbons (Fsp3) is 0.400. The van der Waals surface area contributed by atoms with Crippen molar-refractivity contribution >= 4 is 27.3 Å². The zero-order chi connectivity index (χ0) is 25.2. The minimum atomic E-state index is 0.193. The predicted molar refractivity (Wildman–Crippen MR) is 156 cm³/mol. The molecule has 0 N–H and O–H groups in total. The molecule has 0 heterocycles. The van der Waals surface area contributed by atoms with Crippen LogP contribution in [0.4, 0.5) is 0 Å². The topological polar surface area (TPSA) is 17.1 Å². The molecule has 0 unspecified atom stereocenters. The van der Waals surface area contributed by atoms with Crippen molar-refractivity contribution in [3.63, 3.8) is 0 Å². The second kappa shape index (κ2) is 13.4. The van der Waals surface area contributed by atoms with Gasteiger partial charge >= 0.3 is 0 Å². The Bertz CT molecular complexity index is 1180. The molecule has 0 fully saturated rings. The lowest BCUT2D eigenvalue weighted by Gasteiger charge is -2.16. The minimum Gasteiger partial charge on any atom is -0.289 e. The molecule has 188 valence electrons. The van der Waals surface area contributed by atoms with Gasteiger partial charge in [-0.25, -0.2) is 0 Å². The molecular weight excluding hydrogens is 436 g/mol. The third kappa shape index (κ3) is 6.25. The molecular formula is C35H42O. The molecule has 0 atom stereocenters. The molecule has 36 heavy (non-hydrogen) atoms. The van der Waals surface area contributed by atoms with Gasteiger partial charge in [0.25, 0.3) is 0 Å². The quantitative estimate of drug-likeness (QED) is 0.130. The standard InChI is InChI=1S/C35H42O/c1-3-5-7-9-11-21-31-29-19-15-13-17-27(29)23-25-33(31)35(36)34-26-24-28-18-14-16-20-30(28)32(34)22-12-10-8-6-4-2/h13-20,23-26H,3-12,21-22H2,1-2H3. The van der Waals surface area contributed by atoms with Crippen molar-refractivity contribution in [1.29, 1.82) is 0 Å². The summed E-state index contributed by atoms with van der Waals surface area (Å²) in [7, 11) is 0. The van der Waals surface area contributed by atoms with E-state index in [1.54, 1.807) is 0 Å². The van der Waals surface area contributed by atoms with Crippen LogP contribution in [0.25, 0.3) is 21.5 Å². The number of hydrogen-bond donors (Lipinski definition) is 0. The second-order valence-corrected chi connectivity index (χ2v) is 10.3. The normalized spacial score (nSPS) is 11.4. The SMILES string of the molecule is CCCCCCCc1c(C(=O)c2ccc3ccccc3c2CCCCCCC)ccc2ccccc12. The van der Waals surface area contributed by atoms with E-state index in [0.717, 1.165) is 36.8 Å². The Kier molecular flexibility index (Phi) is 9.73. The molecule has 0 aromatic heterocycles. The van der Waals surface area contributed by atoms with Crippen molar-refractivity contribution in [2.75, 3.05) is 0 Å². The number of aryl methyl sites for hydroxylation is 2. The molecule has 0 radical (unpaired) electrons. The van der Waals surface area contributed by atoms with E-state index in [9.17, 15) is 4.79 Å². The average Bonchev–Trinajstić information content (AvgIpc) is 2.92. The number of benzene rings is 4. The highest BCUT2D eigenvalue weighted by molar-refractivity contribution is 6.15. The summed E-state index contributed by atoms with van der Waals surface area (Å²) >= 11 is 0. The van der Waals surface area contributed by atoms with Crippen LogP contribution in [-0.4, -0.2) is 5.78 Å². The van der Waals surface area contributed by atoms with Gasteiger partial charge < -0.3 is 0 Å². The van der Waals surface area contributed by atoms with Crippen molar-refractivity contribution in [3.8, 4) is 0 Å². The van der Waals surface area contributed by atoms with Crippen LogP contribution in [0.3, 0.4) is 0 Å². The second-order valence-electron chi connectivity index (χ2n) is 10.3. The van der Waals surface area contributed by atoms with Crippen molar-refractivity contribution in [3.05, 3.63) is 95.1 Å². The van der Waals surface area contributed by atoms with Gasteiger partial charge in [0.15, 0.2) is 5.78 Å². The molecule has 4 rings (SSSR count). The maximum absolute atomic E-state index is 14.2. The summed E-state index contributed by atoms with van der Waals surface area (Å²) in [5.74, 6) is 0.193. The van der Waals surface area contributed by atoms with Gasteiger partial charge in [-0.3, -0.25) is 4.79 Å². The number of ketones is 1. The zero-order valence-electron chi connectivity index (χ0n) is 22.3. The van der Waals surface area contributed by atoms with E-state index in [1.807, 2.05) is 0 Å². The Morgan fingerprint density at radius 3 is 1.36 bits per heavy atom. The van der Waals surface area contributed by atoms with Crippen LogP contribution in [0.15, 0.2) is 72.8 Å². The van der Waals surface area contributed by atoms with Crippen LogP contribution in [0, 0.1) is 0 Å².